The molecule has 0 aliphatic heterocycles. The maximum Gasteiger partial charge on any atom is 0.242 e. The van der Waals surface area contributed by atoms with Crippen molar-refractivity contribution < 1.29 is 9.18 Å². The van der Waals surface area contributed by atoms with E-state index in [2.05, 4.69) is 10.3 Å². The van der Waals surface area contributed by atoms with E-state index in [1.54, 1.807) is 34.9 Å². The fourth-order valence-electron chi connectivity index (χ4n) is 2.60. The third-order valence-electron chi connectivity index (χ3n) is 4.09. The van der Waals surface area contributed by atoms with E-state index >= 15 is 0 Å². The van der Waals surface area contributed by atoms with E-state index in [4.69, 9.17) is 0 Å². The van der Waals surface area contributed by atoms with Crippen molar-refractivity contribution in [3.05, 3.63) is 29.6 Å². The van der Waals surface area contributed by atoms with E-state index in [0.717, 1.165) is 5.56 Å². The number of aliphatic imine (C=N–C) groups is 1. The number of carbonyl (C=O) groups is 1. The van der Waals surface area contributed by atoms with Crippen LogP contribution in [0.25, 0.3) is 0 Å². The van der Waals surface area contributed by atoms with Gasteiger partial charge in [0.1, 0.15) is 5.82 Å². The fraction of sp³-hybridized carbons (Fsp3) is 0.579. The Morgan fingerprint density at radius 1 is 1.15 bits per heavy atom. The minimum absolute atomic E-state index is 0.0597. The maximum absolute atomic E-state index is 14.1. The molecule has 0 aliphatic carbocycles. The second-order valence-corrected chi connectivity index (χ2v) is 6.27. The molecular formula is C19H32FN5O. The van der Waals surface area contributed by atoms with Crippen molar-refractivity contribution in [1.82, 2.24) is 15.1 Å². The first-order valence-electron chi connectivity index (χ1n) is 9.06. The highest BCUT2D eigenvalue weighted by Gasteiger charge is 2.15. The molecule has 0 radical (unpaired) electrons. The molecule has 0 fully saturated rings. The van der Waals surface area contributed by atoms with E-state index in [1.165, 1.54) is 6.07 Å². The van der Waals surface area contributed by atoms with Crippen LogP contribution in [0, 0.1) is 5.82 Å². The SMILES string of the molecule is CCNC(=NCc1ccc(N(C)C)c(F)c1)N(C)CC(=O)N(CC)CC. The molecule has 0 spiro atoms. The molecule has 146 valence electrons. The number of anilines is 1. The number of guanidine groups is 1. The second-order valence-electron chi connectivity index (χ2n) is 6.27. The Balaban J connectivity index is 2.85. The molecule has 0 aromatic heterocycles. The Hall–Kier alpha value is -2.31. The van der Waals surface area contributed by atoms with Gasteiger partial charge in [-0.2, -0.15) is 0 Å². The Morgan fingerprint density at radius 3 is 2.31 bits per heavy atom. The van der Waals surface area contributed by atoms with E-state index in [1.807, 2.05) is 33.9 Å². The smallest absolute Gasteiger partial charge is 0.242 e. The van der Waals surface area contributed by atoms with Crippen molar-refractivity contribution in [3.63, 3.8) is 0 Å². The van der Waals surface area contributed by atoms with Gasteiger partial charge in [-0.05, 0) is 38.5 Å². The summed E-state index contributed by atoms with van der Waals surface area (Å²) in [4.78, 5) is 22.2. The number of amides is 1. The van der Waals surface area contributed by atoms with Crippen LogP contribution in [0.15, 0.2) is 23.2 Å². The molecule has 1 rings (SSSR count). The number of nitrogens with zero attached hydrogens (tertiary/aromatic N) is 4. The van der Waals surface area contributed by atoms with Gasteiger partial charge in [0.2, 0.25) is 5.91 Å². The Kier molecular flexibility index (Phi) is 8.88. The lowest BCUT2D eigenvalue weighted by Gasteiger charge is -2.25. The lowest BCUT2D eigenvalue weighted by atomic mass is 10.2. The summed E-state index contributed by atoms with van der Waals surface area (Å²) in [6, 6.07) is 5.12. The normalized spacial score (nSPS) is 11.3. The highest BCUT2D eigenvalue weighted by molar-refractivity contribution is 5.86. The number of halogens is 1. The quantitative estimate of drug-likeness (QED) is 0.567. The molecular weight excluding hydrogens is 333 g/mol. The standard InChI is InChI=1S/C19H32FN5O/c1-7-21-19(24(6)14-18(26)25(8-2)9-3)22-13-15-10-11-17(23(4)5)16(20)12-15/h10-12H,7-9,13-14H2,1-6H3,(H,21,22). The minimum Gasteiger partial charge on any atom is -0.375 e. The minimum atomic E-state index is -0.266. The van der Waals surface area contributed by atoms with Crippen LogP contribution in [0.1, 0.15) is 26.3 Å². The molecule has 0 heterocycles. The molecule has 1 aromatic rings. The van der Waals surface area contributed by atoms with Crippen LogP contribution >= 0.6 is 0 Å². The molecule has 0 saturated carbocycles. The second kappa shape index (κ2) is 10.6. The Bertz CT molecular complexity index is 614. The summed E-state index contributed by atoms with van der Waals surface area (Å²) in [6.07, 6.45) is 0. The van der Waals surface area contributed by atoms with Crippen LogP contribution < -0.4 is 10.2 Å². The van der Waals surface area contributed by atoms with Gasteiger partial charge in [-0.1, -0.05) is 6.07 Å². The number of hydrogen-bond acceptors (Lipinski definition) is 3. The average molecular weight is 365 g/mol. The van der Waals surface area contributed by atoms with E-state index in [9.17, 15) is 9.18 Å². The molecule has 6 nitrogen and oxygen atoms in total. The number of likely N-dealkylation sites (N-methyl/N-ethyl adjacent to an activating group) is 2. The largest absolute Gasteiger partial charge is 0.375 e. The summed E-state index contributed by atoms with van der Waals surface area (Å²) in [5.41, 5.74) is 1.33. The highest BCUT2D eigenvalue weighted by Crippen LogP contribution is 2.18. The summed E-state index contributed by atoms with van der Waals surface area (Å²) in [6.45, 7) is 8.57. The summed E-state index contributed by atoms with van der Waals surface area (Å²) in [5.74, 6) is 0.423. The molecule has 1 N–H and O–H groups in total. The maximum atomic E-state index is 14.1. The van der Waals surface area contributed by atoms with E-state index in [0.29, 0.717) is 37.8 Å². The van der Waals surface area contributed by atoms with Crippen LogP contribution in [0.2, 0.25) is 0 Å². The van der Waals surface area contributed by atoms with Gasteiger partial charge in [-0.3, -0.25) is 4.79 Å². The van der Waals surface area contributed by atoms with Crippen molar-refractivity contribution in [3.8, 4) is 0 Å². The predicted octanol–water partition coefficient (Wildman–Crippen LogP) is 2.16. The zero-order valence-corrected chi connectivity index (χ0v) is 16.8. The lowest BCUT2D eigenvalue weighted by molar-refractivity contribution is -0.131. The average Bonchev–Trinajstić information content (AvgIpc) is 2.59. The summed E-state index contributed by atoms with van der Waals surface area (Å²) in [7, 11) is 5.45. The van der Waals surface area contributed by atoms with Gasteiger partial charge in [-0.25, -0.2) is 9.38 Å². The first kappa shape index (κ1) is 21.7. The van der Waals surface area contributed by atoms with Crippen molar-refractivity contribution in [1.29, 1.82) is 0 Å². The molecule has 0 unspecified atom stereocenters. The zero-order valence-electron chi connectivity index (χ0n) is 16.8. The first-order valence-corrected chi connectivity index (χ1v) is 9.06. The summed E-state index contributed by atoms with van der Waals surface area (Å²) >= 11 is 0. The summed E-state index contributed by atoms with van der Waals surface area (Å²) < 4.78 is 14.1. The lowest BCUT2D eigenvalue weighted by Crippen LogP contribution is -2.45. The van der Waals surface area contributed by atoms with Crippen molar-refractivity contribution >= 4 is 17.6 Å². The van der Waals surface area contributed by atoms with Crippen LogP contribution in [0.3, 0.4) is 0 Å². The number of benzene rings is 1. The van der Waals surface area contributed by atoms with E-state index in [-0.39, 0.29) is 18.3 Å². The van der Waals surface area contributed by atoms with Crippen molar-refractivity contribution in [2.45, 2.75) is 27.3 Å². The Labute approximate surface area is 156 Å². The van der Waals surface area contributed by atoms with Crippen LogP contribution in [0.4, 0.5) is 10.1 Å². The van der Waals surface area contributed by atoms with Gasteiger partial charge in [-0.15, -0.1) is 0 Å². The monoisotopic (exact) mass is 365 g/mol. The van der Waals surface area contributed by atoms with Gasteiger partial charge >= 0.3 is 0 Å². The number of rotatable bonds is 8. The first-order chi connectivity index (χ1) is 12.3. The van der Waals surface area contributed by atoms with Gasteiger partial charge in [0.05, 0.1) is 18.8 Å². The van der Waals surface area contributed by atoms with Crippen LogP contribution in [-0.4, -0.2) is 69.0 Å². The molecule has 0 atom stereocenters. The molecule has 0 saturated heterocycles. The van der Waals surface area contributed by atoms with Gasteiger partial charge in [0.25, 0.3) is 0 Å². The molecule has 1 amide bonds. The highest BCUT2D eigenvalue weighted by atomic mass is 19.1. The van der Waals surface area contributed by atoms with Crippen LogP contribution in [-0.2, 0) is 11.3 Å². The van der Waals surface area contributed by atoms with E-state index < -0.39 is 0 Å². The number of carbonyl (C=O) groups excluding carboxylic acids is 1. The van der Waals surface area contributed by atoms with Crippen LogP contribution in [0.5, 0.6) is 0 Å². The number of nitrogens with one attached hydrogen (secondary N) is 1. The molecule has 26 heavy (non-hydrogen) atoms. The van der Waals surface area contributed by atoms with Gasteiger partial charge < -0.3 is 20.0 Å². The van der Waals surface area contributed by atoms with Gasteiger partial charge in [0, 0.05) is 40.8 Å². The Morgan fingerprint density at radius 2 is 1.81 bits per heavy atom. The molecule has 7 heteroatoms. The topological polar surface area (TPSA) is 51.2 Å². The molecule has 0 aliphatic rings. The van der Waals surface area contributed by atoms with Crippen molar-refractivity contribution in [2.24, 2.45) is 4.99 Å². The predicted molar refractivity (Wildman–Crippen MR) is 106 cm³/mol. The molecule has 1 aromatic carbocycles. The third-order valence-corrected chi connectivity index (χ3v) is 4.09. The van der Waals surface area contributed by atoms with Gasteiger partial charge in [0.15, 0.2) is 5.96 Å². The summed E-state index contributed by atoms with van der Waals surface area (Å²) in [5, 5.41) is 3.18. The molecule has 0 bridgehead atoms. The zero-order chi connectivity index (χ0) is 19.7. The fourth-order valence-corrected chi connectivity index (χ4v) is 2.60. The number of hydrogen-bond donors (Lipinski definition) is 1. The van der Waals surface area contributed by atoms with Crippen molar-refractivity contribution in [2.75, 3.05) is 52.2 Å². The third kappa shape index (κ3) is 6.20.